The molecule has 1 aliphatic carbocycles. The van der Waals surface area contributed by atoms with Crippen LogP contribution in [0.25, 0.3) is 0 Å². The maximum atomic E-state index is 12.3. The van der Waals surface area contributed by atoms with E-state index in [1.54, 1.807) is 0 Å². The fourth-order valence-electron chi connectivity index (χ4n) is 4.86. The number of esters is 1. The van der Waals surface area contributed by atoms with Gasteiger partial charge in [0.05, 0.1) is 18.7 Å². The van der Waals surface area contributed by atoms with E-state index in [2.05, 4.69) is 41.8 Å². The van der Waals surface area contributed by atoms with Crippen molar-refractivity contribution >= 4 is 5.97 Å². The lowest BCUT2D eigenvalue weighted by Crippen LogP contribution is -2.28. The van der Waals surface area contributed by atoms with Gasteiger partial charge in [0.1, 0.15) is 5.82 Å². The molecular weight excluding hydrogens is 424 g/mol. The maximum absolute atomic E-state index is 12.3. The van der Waals surface area contributed by atoms with Crippen LogP contribution in [0.3, 0.4) is 0 Å². The molecule has 6 nitrogen and oxygen atoms in total. The number of rotatable bonds is 19. The van der Waals surface area contributed by atoms with Gasteiger partial charge in [-0.15, -0.1) is 0 Å². The summed E-state index contributed by atoms with van der Waals surface area (Å²) in [6.45, 7) is 13.8. The first-order valence-corrected chi connectivity index (χ1v) is 14.0. The van der Waals surface area contributed by atoms with Crippen molar-refractivity contribution in [2.45, 2.75) is 118 Å². The lowest BCUT2D eigenvalue weighted by molar-refractivity contribution is -0.138. The molecule has 0 saturated carbocycles. The molecule has 0 bridgehead atoms. The Morgan fingerprint density at radius 2 is 1.74 bits per heavy atom. The Labute approximate surface area is 208 Å². The van der Waals surface area contributed by atoms with E-state index in [0.717, 1.165) is 69.0 Å². The van der Waals surface area contributed by atoms with E-state index in [-0.39, 0.29) is 5.97 Å². The van der Waals surface area contributed by atoms with E-state index in [4.69, 9.17) is 9.72 Å². The fraction of sp³-hybridized carbons (Fsp3) is 0.786. The average molecular weight is 475 g/mol. The second-order valence-electron chi connectivity index (χ2n) is 9.45. The van der Waals surface area contributed by atoms with Crippen molar-refractivity contribution in [3.63, 3.8) is 0 Å². The minimum Gasteiger partial charge on any atom is -0.463 e. The van der Waals surface area contributed by atoms with Crippen LogP contribution in [0.4, 0.5) is 0 Å². The van der Waals surface area contributed by atoms with Crippen LogP contribution in [0.5, 0.6) is 0 Å². The van der Waals surface area contributed by atoms with Crippen molar-refractivity contribution in [3.8, 4) is 0 Å². The molecule has 2 rings (SSSR count). The van der Waals surface area contributed by atoms with Crippen molar-refractivity contribution in [3.05, 3.63) is 29.0 Å². The van der Waals surface area contributed by atoms with Gasteiger partial charge in [0.15, 0.2) is 0 Å². The number of aromatic nitrogens is 2. The molecule has 1 heterocycles. The Hall–Kier alpha value is -1.82. The third-order valence-corrected chi connectivity index (χ3v) is 7.04. The van der Waals surface area contributed by atoms with Gasteiger partial charge in [-0.25, -0.2) is 9.78 Å². The summed E-state index contributed by atoms with van der Waals surface area (Å²) in [5.74, 6) is 0.909. The summed E-state index contributed by atoms with van der Waals surface area (Å²) >= 11 is 0. The number of carbonyl (C=O) groups is 1. The number of nitrogens with one attached hydrogen (secondary N) is 1. The first-order valence-electron chi connectivity index (χ1n) is 14.0. The van der Waals surface area contributed by atoms with Crippen LogP contribution in [0.1, 0.15) is 110 Å². The van der Waals surface area contributed by atoms with Crippen molar-refractivity contribution in [1.82, 2.24) is 19.8 Å². The molecule has 0 saturated heterocycles. The van der Waals surface area contributed by atoms with Gasteiger partial charge in [-0.3, -0.25) is 0 Å². The van der Waals surface area contributed by atoms with E-state index in [1.807, 2.05) is 6.92 Å². The average Bonchev–Trinajstić information content (AvgIpc) is 3.47. The summed E-state index contributed by atoms with van der Waals surface area (Å²) in [5, 5.41) is 3.54. The van der Waals surface area contributed by atoms with E-state index < -0.39 is 0 Å². The van der Waals surface area contributed by atoms with E-state index in [1.165, 1.54) is 57.1 Å². The van der Waals surface area contributed by atoms with Gasteiger partial charge in [0, 0.05) is 30.7 Å². The van der Waals surface area contributed by atoms with Gasteiger partial charge in [-0.05, 0) is 52.1 Å². The summed E-state index contributed by atoms with van der Waals surface area (Å²) in [6, 6.07) is 0. The van der Waals surface area contributed by atoms with Gasteiger partial charge in [0.2, 0.25) is 0 Å². The van der Waals surface area contributed by atoms with Crippen molar-refractivity contribution in [2.75, 3.05) is 26.2 Å². The largest absolute Gasteiger partial charge is 0.463 e. The number of ether oxygens (including phenoxy) is 1. The molecule has 1 aliphatic rings. The summed E-state index contributed by atoms with van der Waals surface area (Å²) in [5.41, 5.74) is 3.21. The zero-order chi connectivity index (χ0) is 24.6. The monoisotopic (exact) mass is 474 g/mol. The summed E-state index contributed by atoms with van der Waals surface area (Å²) in [4.78, 5) is 19.6. The molecule has 194 valence electrons. The molecule has 0 unspecified atom stereocenters. The molecule has 0 atom stereocenters. The molecular formula is C28H50N4O2. The van der Waals surface area contributed by atoms with E-state index >= 15 is 0 Å². The maximum Gasteiger partial charge on any atom is 0.335 e. The second kappa shape index (κ2) is 16.7. The van der Waals surface area contributed by atoms with Gasteiger partial charge in [0.25, 0.3) is 0 Å². The molecule has 0 amide bonds. The highest BCUT2D eigenvalue weighted by atomic mass is 16.5. The lowest BCUT2D eigenvalue weighted by atomic mass is 10.1. The zero-order valence-electron chi connectivity index (χ0n) is 22.5. The number of carbonyl (C=O) groups excluding carboxylic acids is 1. The molecule has 0 fully saturated rings. The topological polar surface area (TPSA) is 59.4 Å². The Morgan fingerprint density at radius 1 is 1.03 bits per heavy atom. The van der Waals surface area contributed by atoms with E-state index in [9.17, 15) is 4.79 Å². The van der Waals surface area contributed by atoms with Gasteiger partial charge in [-0.2, -0.15) is 0 Å². The SMILES string of the molecule is CCCCCCCCCCc1cnc(CNC2=C(C(=O)OCC)CCC2)n1CCN(CC)CC. The van der Waals surface area contributed by atoms with Crippen LogP contribution in [0, 0.1) is 0 Å². The van der Waals surface area contributed by atoms with Gasteiger partial charge >= 0.3 is 5.97 Å². The van der Waals surface area contributed by atoms with E-state index in [0.29, 0.717) is 13.2 Å². The number of nitrogens with zero attached hydrogens (tertiary/aromatic N) is 3. The van der Waals surface area contributed by atoms with Crippen LogP contribution >= 0.6 is 0 Å². The minimum atomic E-state index is -0.164. The molecule has 0 spiro atoms. The third kappa shape index (κ3) is 9.44. The highest BCUT2D eigenvalue weighted by molar-refractivity contribution is 5.89. The molecule has 6 heteroatoms. The standard InChI is InChI=1S/C28H50N4O2/c1-5-9-10-11-12-13-14-15-17-24-22-30-27(32(24)21-20-31(6-2)7-3)23-29-26-19-16-18-25(26)28(33)34-8-4/h22,29H,5-21,23H2,1-4H3. The molecule has 0 radical (unpaired) electrons. The third-order valence-electron chi connectivity index (χ3n) is 7.04. The fourth-order valence-corrected chi connectivity index (χ4v) is 4.86. The smallest absolute Gasteiger partial charge is 0.335 e. The van der Waals surface area contributed by atoms with Crippen molar-refractivity contribution < 1.29 is 9.53 Å². The van der Waals surface area contributed by atoms with Crippen LogP contribution < -0.4 is 5.32 Å². The Balaban J connectivity index is 1.97. The number of likely N-dealkylation sites (N-methyl/N-ethyl adjacent to an activating group) is 1. The number of unbranched alkanes of at least 4 members (excludes halogenated alkanes) is 7. The number of allylic oxidation sites excluding steroid dienone is 1. The number of hydrogen-bond acceptors (Lipinski definition) is 5. The molecule has 1 aromatic heterocycles. The quantitative estimate of drug-likeness (QED) is 0.197. The predicted molar refractivity (Wildman–Crippen MR) is 141 cm³/mol. The first-order chi connectivity index (χ1) is 16.6. The van der Waals surface area contributed by atoms with Crippen LogP contribution in [0.15, 0.2) is 17.5 Å². The van der Waals surface area contributed by atoms with Gasteiger partial charge < -0.3 is 19.5 Å². The highest BCUT2D eigenvalue weighted by Crippen LogP contribution is 2.25. The molecule has 34 heavy (non-hydrogen) atoms. The molecule has 0 aromatic carbocycles. The minimum absolute atomic E-state index is 0.164. The number of imidazole rings is 1. The Kier molecular flexibility index (Phi) is 14.0. The van der Waals surface area contributed by atoms with Crippen molar-refractivity contribution in [1.29, 1.82) is 0 Å². The summed E-state index contributed by atoms with van der Waals surface area (Å²) in [6.07, 6.45) is 16.6. The number of aryl methyl sites for hydroxylation is 1. The molecule has 1 N–H and O–H groups in total. The Morgan fingerprint density at radius 3 is 2.41 bits per heavy atom. The van der Waals surface area contributed by atoms with Crippen LogP contribution in [-0.4, -0.2) is 46.7 Å². The first kappa shape index (κ1) is 28.4. The highest BCUT2D eigenvalue weighted by Gasteiger charge is 2.22. The number of hydrogen-bond donors (Lipinski definition) is 1. The van der Waals surface area contributed by atoms with Gasteiger partial charge in [-0.1, -0.05) is 65.7 Å². The predicted octanol–water partition coefficient (Wildman–Crippen LogP) is 6.00. The normalized spacial score (nSPS) is 13.8. The lowest BCUT2D eigenvalue weighted by Gasteiger charge is -2.20. The summed E-state index contributed by atoms with van der Waals surface area (Å²) in [7, 11) is 0. The summed E-state index contributed by atoms with van der Waals surface area (Å²) < 4.78 is 7.68. The zero-order valence-corrected chi connectivity index (χ0v) is 22.5. The molecule has 0 aliphatic heterocycles. The van der Waals surface area contributed by atoms with Crippen LogP contribution in [-0.2, 0) is 29.0 Å². The molecule has 1 aromatic rings. The van der Waals surface area contributed by atoms with Crippen molar-refractivity contribution in [2.24, 2.45) is 0 Å². The van der Waals surface area contributed by atoms with Crippen LogP contribution in [0.2, 0.25) is 0 Å². The second-order valence-corrected chi connectivity index (χ2v) is 9.45. The Bertz CT molecular complexity index is 737.